The van der Waals surface area contributed by atoms with Gasteiger partial charge in [-0.05, 0) is 31.8 Å². The molecular formula is C12H12BrNO2. The molecule has 3 aliphatic rings. The maximum Gasteiger partial charge on any atom is 0.295 e. The summed E-state index contributed by atoms with van der Waals surface area (Å²) in [7, 11) is 0. The van der Waals surface area contributed by atoms with Gasteiger partial charge in [-0.1, -0.05) is 22.0 Å². The molecule has 0 spiro atoms. The van der Waals surface area contributed by atoms with Crippen LogP contribution in [0.4, 0.5) is 0 Å². The Hall–Kier alpha value is -0.900. The molecule has 1 atom stereocenters. The molecule has 1 unspecified atom stereocenters. The van der Waals surface area contributed by atoms with E-state index in [1.807, 2.05) is 13.0 Å². The lowest BCUT2D eigenvalue weighted by Crippen LogP contribution is -2.29. The summed E-state index contributed by atoms with van der Waals surface area (Å²) in [5.41, 5.74) is 1.99. The number of allylic oxidation sites excluding steroid dienone is 4. The number of nitrogens with zero attached hydrogens (tertiary/aromatic N) is 1. The van der Waals surface area contributed by atoms with Gasteiger partial charge in [0, 0.05) is 16.2 Å². The molecule has 1 aliphatic heterocycles. The summed E-state index contributed by atoms with van der Waals surface area (Å²) in [6, 6.07) is 0.282. The molecule has 1 heterocycles. The minimum Gasteiger partial charge on any atom is -0.305 e. The summed E-state index contributed by atoms with van der Waals surface area (Å²) in [5.74, 6) is -0.732. The van der Waals surface area contributed by atoms with Crippen molar-refractivity contribution in [3.63, 3.8) is 0 Å². The van der Waals surface area contributed by atoms with Gasteiger partial charge in [-0.2, -0.15) is 0 Å². The third kappa shape index (κ3) is 1.25. The van der Waals surface area contributed by atoms with Crippen molar-refractivity contribution in [2.75, 3.05) is 0 Å². The molecule has 2 aliphatic carbocycles. The quantitative estimate of drug-likeness (QED) is 0.691. The first-order valence-corrected chi connectivity index (χ1v) is 6.34. The number of Topliss-reactive ketones (excluding diaryl/α,β-unsaturated/α-hetero) is 1. The highest BCUT2D eigenvalue weighted by Crippen LogP contribution is 2.44. The second kappa shape index (κ2) is 3.29. The van der Waals surface area contributed by atoms with E-state index in [-0.39, 0.29) is 23.7 Å². The van der Waals surface area contributed by atoms with E-state index >= 15 is 0 Å². The highest BCUT2D eigenvalue weighted by molar-refractivity contribution is 9.12. The molecule has 2 fully saturated rings. The molecule has 0 radical (unpaired) electrons. The van der Waals surface area contributed by atoms with Crippen molar-refractivity contribution in [1.82, 2.24) is 4.90 Å². The van der Waals surface area contributed by atoms with E-state index in [4.69, 9.17) is 0 Å². The Morgan fingerprint density at radius 2 is 2.06 bits per heavy atom. The van der Waals surface area contributed by atoms with Crippen molar-refractivity contribution in [2.45, 2.75) is 32.2 Å². The molecule has 84 valence electrons. The fourth-order valence-corrected chi connectivity index (χ4v) is 2.91. The summed E-state index contributed by atoms with van der Waals surface area (Å²) in [6.45, 7) is 1.98. The van der Waals surface area contributed by atoms with E-state index in [9.17, 15) is 9.59 Å². The van der Waals surface area contributed by atoms with Crippen LogP contribution in [0, 0.1) is 5.92 Å². The Morgan fingerprint density at radius 3 is 2.69 bits per heavy atom. The second-order valence-corrected chi connectivity index (χ2v) is 5.48. The smallest absolute Gasteiger partial charge is 0.295 e. The van der Waals surface area contributed by atoms with Gasteiger partial charge in [0.25, 0.3) is 5.91 Å². The molecule has 16 heavy (non-hydrogen) atoms. The fraction of sp³-hybridized carbons (Fsp3) is 0.500. The third-order valence-electron chi connectivity index (χ3n) is 3.52. The van der Waals surface area contributed by atoms with Crippen molar-refractivity contribution in [3.8, 4) is 0 Å². The standard InChI is InChI=1S/C12H12BrNO2/c1-6-9(13)5-4-8-10(6)14(7-2-3-7)12(16)11(8)15/h5,7-8H,2-4H2,1H3. The van der Waals surface area contributed by atoms with Crippen LogP contribution in [0.25, 0.3) is 0 Å². The normalized spacial score (nSPS) is 29.8. The van der Waals surface area contributed by atoms with Crippen molar-refractivity contribution in [2.24, 2.45) is 5.92 Å². The van der Waals surface area contributed by atoms with Crippen LogP contribution >= 0.6 is 15.9 Å². The highest BCUT2D eigenvalue weighted by atomic mass is 79.9. The molecule has 3 rings (SSSR count). The minimum absolute atomic E-state index is 0.214. The maximum atomic E-state index is 11.9. The maximum absolute atomic E-state index is 11.9. The van der Waals surface area contributed by atoms with Gasteiger partial charge in [0.1, 0.15) is 0 Å². The number of fused-ring (bicyclic) bond motifs is 1. The Bertz CT molecular complexity index is 460. The summed E-state index contributed by atoms with van der Waals surface area (Å²) < 4.78 is 1.02. The average molecular weight is 282 g/mol. The monoisotopic (exact) mass is 281 g/mol. The van der Waals surface area contributed by atoms with E-state index in [0.717, 1.165) is 28.6 Å². The largest absolute Gasteiger partial charge is 0.305 e. The van der Waals surface area contributed by atoms with E-state index < -0.39 is 0 Å². The SMILES string of the molecule is CC1=C2C(CC=C1Br)C(=O)C(=O)N2C1CC1. The number of hydrogen-bond donors (Lipinski definition) is 0. The van der Waals surface area contributed by atoms with Crippen LogP contribution in [0.1, 0.15) is 26.2 Å². The molecule has 1 saturated heterocycles. The number of rotatable bonds is 1. The number of amides is 1. The first-order chi connectivity index (χ1) is 7.61. The molecule has 4 heteroatoms. The first kappa shape index (κ1) is 10.3. The van der Waals surface area contributed by atoms with Gasteiger partial charge in [-0.15, -0.1) is 0 Å². The van der Waals surface area contributed by atoms with E-state index in [0.29, 0.717) is 6.42 Å². The molecule has 1 saturated carbocycles. The van der Waals surface area contributed by atoms with E-state index in [2.05, 4.69) is 15.9 Å². The number of ketones is 1. The average Bonchev–Trinajstić information content (AvgIpc) is 3.04. The Kier molecular flexibility index (Phi) is 2.11. The van der Waals surface area contributed by atoms with Crippen molar-refractivity contribution in [1.29, 1.82) is 0 Å². The van der Waals surface area contributed by atoms with E-state index in [1.54, 1.807) is 4.90 Å². The van der Waals surface area contributed by atoms with Crippen LogP contribution in [0.2, 0.25) is 0 Å². The van der Waals surface area contributed by atoms with Gasteiger partial charge < -0.3 is 4.90 Å². The zero-order valence-electron chi connectivity index (χ0n) is 9.00. The molecule has 0 bridgehead atoms. The number of carbonyl (C=O) groups excluding carboxylic acids is 2. The van der Waals surface area contributed by atoms with Gasteiger partial charge in [-0.25, -0.2) is 0 Å². The van der Waals surface area contributed by atoms with Crippen LogP contribution in [0.3, 0.4) is 0 Å². The number of carbonyl (C=O) groups is 2. The lowest BCUT2D eigenvalue weighted by Gasteiger charge is -2.24. The van der Waals surface area contributed by atoms with Gasteiger partial charge >= 0.3 is 0 Å². The molecule has 1 amide bonds. The summed E-state index contributed by atoms with van der Waals surface area (Å²) in [4.78, 5) is 25.5. The van der Waals surface area contributed by atoms with Crippen LogP contribution in [-0.2, 0) is 9.59 Å². The summed E-state index contributed by atoms with van der Waals surface area (Å²) in [5, 5.41) is 0. The summed E-state index contributed by atoms with van der Waals surface area (Å²) >= 11 is 3.48. The number of halogens is 1. The molecule has 0 aromatic rings. The fourth-order valence-electron chi connectivity index (χ4n) is 2.52. The highest BCUT2D eigenvalue weighted by Gasteiger charge is 2.50. The predicted octanol–water partition coefficient (Wildman–Crippen LogP) is 2.13. The minimum atomic E-state index is -0.294. The zero-order valence-corrected chi connectivity index (χ0v) is 10.6. The number of hydrogen-bond acceptors (Lipinski definition) is 2. The van der Waals surface area contributed by atoms with Crippen LogP contribution in [0.5, 0.6) is 0 Å². The van der Waals surface area contributed by atoms with E-state index in [1.165, 1.54) is 0 Å². The van der Waals surface area contributed by atoms with Gasteiger partial charge in [0.15, 0.2) is 0 Å². The van der Waals surface area contributed by atoms with Crippen LogP contribution in [-0.4, -0.2) is 22.6 Å². The molecule has 3 nitrogen and oxygen atoms in total. The van der Waals surface area contributed by atoms with Gasteiger partial charge in [-0.3, -0.25) is 9.59 Å². The second-order valence-electron chi connectivity index (χ2n) is 4.62. The van der Waals surface area contributed by atoms with Crippen molar-refractivity contribution in [3.05, 3.63) is 21.8 Å². The summed E-state index contributed by atoms with van der Waals surface area (Å²) in [6.07, 6.45) is 4.71. The Labute approximate surface area is 102 Å². The topological polar surface area (TPSA) is 37.4 Å². The number of likely N-dealkylation sites (tertiary alicyclic amines) is 1. The third-order valence-corrected chi connectivity index (χ3v) is 4.44. The zero-order chi connectivity index (χ0) is 11.4. The van der Waals surface area contributed by atoms with Gasteiger partial charge in [0.2, 0.25) is 5.78 Å². The first-order valence-electron chi connectivity index (χ1n) is 5.55. The molecule has 0 aromatic carbocycles. The Balaban J connectivity index is 2.11. The van der Waals surface area contributed by atoms with Crippen LogP contribution in [0.15, 0.2) is 21.8 Å². The van der Waals surface area contributed by atoms with Crippen LogP contribution < -0.4 is 0 Å². The molecule has 0 aromatic heterocycles. The van der Waals surface area contributed by atoms with Crippen molar-refractivity contribution >= 4 is 27.6 Å². The lowest BCUT2D eigenvalue weighted by atomic mass is 9.92. The van der Waals surface area contributed by atoms with Gasteiger partial charge in [0.05, 0.1) is 5.92 Å². The lowest BCUT2D eigenvalue weighted by molar-refractivity contribution is -0.140. The van der Waals surface area contributed by atoms with Crippen molar-refractivity contribution < 1.29 is 9.59 Å². The Morgan fingerprint density at radius 1 is 1.38 bits per heavy atom. The molecule has 0 N–H and O–H groups in total. The molecular weight excluding hydrogens is 270 g/mol. The predicted molar refractivity (Wildman–Crippen MR) is 62.7 cm³/mol.